The third kappa shape index (κ3) is 14.7. The summed E-state index contributed by atoms with van der Waals surface area (Å²) in [4.78, 5) is 51.2. The van der Waals surface area contributed by atoms with Gasteiger partial charge in [-0.2, -0.15) is 11.8 Å². The zero-order chi connectivity index (χ0) is 38.7. The van der Waals surface area contributed by atoms with Gasteiger partial charge in [-0.25, -0.2) is 17.5 Å². The number of nitrogens with one attached hydrogen (secondary N) is 3. The topological polar surface area (TPSA) is 208 Å². The number of carbonyl (C=O) groups is 4. The maximum atomic E-state index is 13.2. The number of urea groups is 1. The molecule has 3 fully saturated rings. The number of hydrogen-bond donors (Lipinski definition) is 4. The van der Waals surface area contributed by atoms with E-state index < -0.39 is 27.5 Å². The third-order valence-corrected chi connectivity index (χ3v) is 13.0. The van der Waals surface area contributed by atoms with Gasteiger partial charge in [0, 0.05) is 50.3 Å². The number of unbranched alkanes of at least 4 members (excludes halogenated alkanes) is 1. The van der Waals surface area contributed by atoms with Crippen LogP contribution in [-0.4, -0.2) is 149 Å². The number of carbonyl (C=O) groups excluding carboxylic acids is 4. The number of benzene rings is 1. The number of ether oxygens (including phenoxy) is 4. The first-order chi connectivity index (χ1) is 26.1. The molecule has 0 radical (unpaired) electrons. The number of sulfonamides is 1. The van der Waals surface area contributed by atoms with Crippen LogP contribution in [-0.2, 0) is 49.9 Å². The number of nitrogens with two attached hydrogens (primary N) is 1. The maximum Gasteiger partial charge on any atom is 0.325 e. The van der Waals surface area contributed by atoms with Gasteiger partial charge in [0.25, 0.3) is 5.91 Å². The summed E-state index contributed by atoms with van der Waals surface area (Å²) in [7, 11) is -3.73. The molecule has 16 nitrogen and oxygen atoms in total. The zero-order valence-electron chi connectivity index (χ0n) is 31.2. The summed E-state index contributed by atoms with van der Waals surface area (Å²) >= 11 is 1.95. The minimum atomic E-state index is -3.73. The van der Waals surface area contributed by atoms with E-state index in [4.69, 9.17) is 24.7 Å². The summed E-state index contributed by atoms with van der Waals surface area (Å²) in [5, 5.41) is 8.88. The van der Waals surface area contributed by atoms with Crippen molar-refractivity contribution in [1.29, 1.82) is 0 Å². The van der Waals surface area contributed by atoms with Crippen molar-refractivity contribution in [3.8, 4) is 0 Å². The first-order valence-electron chi connectivity index (χ1n) is 19.0. The molecule has 1 spiro atoms. The Balaban J connectivity index is 0.909. The summed E-state index contributed by atoms with van der Waals surface area (Å²) in [5.41, 5.74) is 5.79. The van der Waals surface area contributed by atoms with E-state index in [0.717, 1.165) is 37.0 Å². The monoisotopic (exact) mass is 798 g/mol. The van der Waals surface area contributed by atoms with Crippen LogP contribution in [0.5, 0.6) is 0 Å². The lowest BCUT2D eigenvalue weighted by Gasteiger charge is -2.36. The Bertz CT molecular complexity index is 1430. The average Bonchev–Trinajstić information content (AvgIpc) is 3.67. The molecular weight excluding hydrogens is 741 g/mol. The van der Waals surface area contributed by atoms with E-state index >= 15 is 0 Å². The van der Waals surface area contributed by atoms with Crippen molar-refractivity contribution in [2.45, 2.75) is 74.7 Å². The van der Waals surface area contributed by atoms with Gasteiger partial charge in [0.1, 0.15) is 5.54 Å². The van der Waals surface area contributed by atoms with Crippen molar-refractivity contribution in [2.24, 2.45) is 5.73 Å². The molecule has 54 heavy (non-hydrogen) atoms. The molecule has 304 valence electrons. The van der Waals surface area contributed by atoms with Crippen LogP contribution < -0.4 is 21.7 Å². The van der Waals surface area contributed by atoms with Gasteiger partial charge < -0.3 is 40.6 Å². The van der Waals surface area contributed by atoms with Crippen molar-refractivity contribution < 1.29 is 46.5 Å². The van der Waals surface area contributed by atoms with Gasteiger partial charge >= 0.3 is 6.03 Å². The van der Waals surface area contributed by atoms with Crippen LogP contribution in [0.15, 0.2) is 30.3 Å². The smallest absolute Gasteiger partial charge is 0.325 e. The van der Waals surface area contributed by atoms with Gasteiger partial charge in [-0.1, -0.05) is 36.8 Å². The lowest BCUT2D eigenvalue weighted by molar-refractivity contribution is -0.133. The third-order valence-electron chi connectivity index (χ3n) is 9.64. The van der Waals surface area contributed by atoms with Crippen molar-refractivity contribution in [1.82, 2.24) is 25.2 Å². The summed E-state index contributed by atoms with van der Waals surface area (Å²) in [6.07, 6.45) is 4.73. The molecule has 0 saturated carbocycles. The number of rotatable bonds is 26. The highest BCUT2D eigenvalue weighted by Gasteiger charge is 2.53. The Morgan fingerprint density at radius 2 is 1.43 bits per heavy atom. The van der Waals surface area contributed by atoms with Crippen molar-refractivity contribution in [3.05, 3.63) is 35.9 Å². The molecule has 1 aromatic rings. The van der Waals surface area contributed by atoms with Crippen LogP contribution in [0.4, 0.5) is 4.79 Å². The van der Waals surface area contributed by atoms with Crippen molar-refractivity contribution in [2.75, 3.05) is 90.5 Å². The molecule has 3 saturated heterocycles. The molecule has 4 rings (SSSR count). The standard InChI is InChI=1S/C36H58N6O10S2/c37-30-10-26-53-31(30)8-4-5-9-32(43)38-14-18-49-20-22-51-24-25-52-23-21-50-19-15-39-33(44)11-27-54(47,48)41-16-12-36(13-17-41)34(45)42(35(46)40-36)28-29-6-2-1-3-7-29/h1-3,6-7,30-31H,4-5,8-28,37H2,(H,38,43)(H,39,44)(H,40,46)/t30-,31-/m0/s1. The van der Waals surface area contributed by atoms with Gasteiger partial charge in [0.15, 0.2) is 0 Å². The molecule has 0 bridgehead atoms. The predicted molar refractivity (Wildman–Crippen MR) is 204 cm³/mol. The number of nitrogens with zero attached hydrogens (tertiary/aromatic N) is 2. The Morgan fingerprint density at radius 1 is 0.852 bits per heavy atom. The van der Waals surface area contributed by atoms with E-state index in [0.29, 0.717) is 70.5 Å². The summed E-state index contributed by atoms with van der Waals surface area (Å²) in [6.45, 7) is 4.01. The molecule has 3 aliphatic heterocycles. The molecule has 1 aromatic carbocycles. The van der Waals surface area contributed by atoms with Crippen LogP contribution >= 0.6 is 11.8 Å². The molecule has 3 aliphatic rings. The molecule has 18 heteroatoms. The predicted octanol–water partition coefficient (Wildman–Crippen LogP) is 0.985. The molecule has 0 unspecified atom stereocenters. The largest absolute Gasteiger partial charge is 0.377 e. The first kappa shape index (κ1) is 43.9. The van der Waals surface area contributed by atoms with Gasteiger partial charge in [-0.05, 0) is 43.4 Å². The van der Waals surface area contributed by atoms with E-state index in [1.54, 1.807) is 0 Å². The highest BCUT2D eigenvalue weighted by Crippen LogP contribution is 2.32. The molecule has 3 heterocycles. The Morgan fingerprint density at radius 3 is 2.00 bits per heavy atom. The maximum absolute atomic E-state index is 13.2. The van der Waals surface area contributed by atoms with Crippen molar-refractivity contribution >= 4 is 45.5 Å². The second-order valence-corrected chi connectivity index (χ2v) is 17.0. The highest BCUT2D eigenvalue weighted by molar-refractivity contribution is 8.00. The van der Waals surface area contributed by atoms with Crippen LogP contribution in [0.3, 0.4) is 0 Å². The minimum absolute atomic E-state index is 0.0481. The van der Waals surface area contributed by atoms with Crippen LogP contribution in [0.2, 0.25) is 0 Å². The molecule has 2 atom stereocenters. The fourth-order valence-corrected chi connectivity index (χ4v) is 9.35. The van der Waals surface area contributed by atoms with Gasteiger partial charge in [0.2, 0.25) is 21.8 Å². The summed E-state index contributed by atoms with van der Waals surface area (Å²) < 4.78 is 49.0. The lowest BCUT2D eigenvalue weighted by Crippen LogP contribution is -2.56. The fourth-order valence-electron chi connectivity index (χ4n) is 6.48. The second kappa shape index (κ2) is 23.3. The Labute approximate surface area is 323 Å². The minimum Gasteiger partial charge on any atom is -0.377 e. The van der Waals surface area contributed by atoms with Gasteiger partial charge in [0.05, 0.1) is 65.2 Å². The molecule has 0 aromatic heterocycles. The normalized spacial score (nSPS) is 20.1. The quantitative estimate of drug-likeness (QED) is 0.0765. The molecule has 5 N–H and O–H groups in total. The summed E-state index contributed by atoms with van der Waals surface area (Å²) in [5.74, 6) is 0.0894. The van der Waals surface area contributed by atoms with Crippen LogP contribution in [0.1, 0.15) is 56.9 Å². The fraction of sp³-hybridized carbons (Fsp3) is 0.722. The summed E-state index contributed by atoms with van der Waals surface area (Å²) in [6, 6.07) is 9.02. The second-order valence-electron chi connectivity index (χ2n) is 13.6. The lowest BCUT2D eigenvalue weighted by atomic mass is 9.88. The number of amides is 5. The van der Waals surface area contributed by atoms with Gasteiger partial charge in [-0.3, -0.25) is 19.3 Å². The molecule has 0 aliphatic carbocycles. The Kier molecular flexibility index (Phi) is 18.9. The van der Waals surface area contributed by atoms with Crippen LogP contribution in [0, 0.1) is 0 Å². The van der Waals surface area contributed by atoms with Crippen LogP contribution in [0.25, 0.3) is 0 Å². The average molecular weight is 799 g/mol. The molecule has 5 amide bonds. The number of imide groups is 1. The van der Waals surface area contributed by atoms with E-state index in [9.17, 15) is 27.6 Å². The highest BCUT2D eigenvalue weighted by atomic mass is 32.2. The van der Waals surface area contributed by atoms with Crippen molar-refractivity contribution in [3.63, 3.8) is 0 Å². The van der Waals surface area contributed by atoms with Gasteiger partial charge in [-0.15, -0.1) is 0 Å². The van der Waals surface area contributed by atoms with E-state index in [2.05, 4.69) is 16.0 Å². The number of piperidine rings is 1. The van der Waals surface area contributed by atoms with E-state index in [1.807, 2.05) is 42.1 Å². The number of hydrogen-bond acceptors (Lipinski definition) is 12. The number of thioether (sulfide) groups is 1. The molecular formula is C36H58N6O10S2. The first-order valence-corrected chi connectivity index (χ1v) is 21.6. The SMILES string of the molecule is N[C@H]1CCS[C@H]1CCCCC(=O)NCCOCCOCCOCCOCCNC(=O)CCS(=O)(=O)N1CCC2(CC1)NC(=O)N(Cc1ccccc1)C2=O. The Hall–Kier alpha value is -2.84. The zero-order valence-corrected chi connectivity index (χ0v) is 32.8. The van der Waals surface area contributed by atoms with E-state index in [-0.39, 0.29) is 69.6 Å². The van der Waals surface area contributed by atoms with E-state index in [1.165, 1.54) is 9.21 Å².